The highest BCUT2D eigenvalue weighted by atomic mass is 127. The Morgan fingerprint density at radius 1 is 1.25 bits per heavy atom. The second kappa shape index (κ2) is 13.3. The zero-order valence-corrected chi connectivity index (χ0v) is 17.5. The van der Waals surface area contributed by atoms with Crippen LogP contribution in [0.25, 0.3) is 0 Å². The van der Waals surface area contributed by atoms with Gasteiger partial charge in [0.25, 0.3) is 0 Å². The first-order valence-corrected chi connectivity index (χ1v) is 8.48. The fourth-order valence-corrected chi connectivity index (χ4v) is 2.32. The van der Waals surface area contributed by atoms with Gasteiger partial charge >= 0.3 is 0 Å². The summed E-state index contributed by atoms with van der Waals surface area (Å²) < 4.78 is 5.76. The minimum atomic E-state index is 0. The number of phenolic OH excluding ortho intramolecular Hbond substituents is 1. The smallest absolute Gasteiger partial charge is 0.191 e. The second-order valence-electron chi connectivity index (χ2n) is 5.82. The molecule has 24 heavy (non-hydrogen) atoms. The molecule has 0 bridgehead atoms. The van der Waals surface area contributed by atoms with Gasteiger partial charge in [-0.1, -0.05) is 26.0 Å². The van der Waals surface area contributed by atoms with Crippen LogP contribution in [0.1, 0.15) is 39.7 Å². The SMILES string of the molecule is CCNC(=NCc1cccc(O)c1)NCCC(OCC)C(C)C.I. The molecule has 1 rings (SSSR count). The average Bonchev–Trinajstić information content (AvgIpc) is 2.51. The van der Waals surface area contributed by atoms with Crippen LogP contribution in [-0.2, 0) is 11.3 Å². The highest BCUT2D eigenvalue weighted by molar-refractivity contribution is 14.0. The molecule has 0 radical (unpaired) electrons. The van der Waals surface area contributed by atoms with Crippen molar-refractivity contribution in [1.82, 2.24) is 10.6 Å². The third-order valence-electron chi connectivity index (χ3n) is 3.52. The molecule has 0 heterocycles. The summed E-state index contributed by atoms with van der Waals surface area (Å²) in [6.45, 7) is 11.3. The first-order chi connectivity index (χ1) is 11.1. The standard InChI is InChI=1S/C18H31N3O2.HI/c1-5-19-18(20-11-10-17(14(3)4)23-6-2)21-13-15-8-7-9-16(22)12-15;/h7-9,12,14,17,22H,5-6,10-11,13H2,1-4H3,(H2,19,20,21);1H. The number of halogens is 1. The Kier molecular flexibility index (Phi) is 12.7. The molecule has 0 aliphatic rings. The minimum absolute atomic E-state index is 0. The van der Waals surface area contributed by atoms with Crippen LogP contribution in [0.2, 0.25) is 0 Å². The van der Waals surface area contributed by atoms with Crippen molar-refractivity contribution in [2.75, 3.05) is 19.7 Å². The first kappa shape index (κ1) is 23.0. The maximum atomic E-state index is 9.49. The van der Waals surface area contributed by atoms with Gasteiger partial charge in [-0.2, -0.15) is 0 Å². The highest BCUT2D eigenvalue weighted by Crippen LogP contribution is 2.12. The van der Waals surface area contributed by atoms with Gasteiger partial charge in [0.05, 0.1) is 12.6 Å². The number of nitrogens with one attached hydrogen (secondary N) is 2. The van der Waals surface area contributed by atoms with Gasteiger partial charge in [0.1, 0.15) is 5.75 Å². The topological polar surface area (TPSA) is 65.9 Å². The normalized spacial score (nSPS) is 12.6. The van der Waals surface area contributed by atoms with Crippen molar-refractivity contribution in [3.63, 3.8) is 0 Å². The molecule has 1 aromatic rings. The molecule has 0 saturated heterocycles. The van der Waals surface area contributed by atoms with Gasteiger partial charge in [-0.15, -0.1) is 24.0 Å². The van der Waals surface area contributed by atoms with Crippen molar-refractivity contribution in [2.45, 2.75) is 46.8 Å². The van der Waals surface area contributed by atoms with Gasteiger partial charge in [-0.25, -0.2) is 4.99 Å². The molecule has 0 saturated carbocycles. The summed E-state index contributed by atoms with van der Waals surface area (Å²) >= 11 is 0. The van der Waals surface area contributed by atoms with Gasteiger partial charge in [0, 0.05) is 19.7 Å². The molecule has 0 fully saturated rings. The van der Waals surface area contributed by atoms with E-state index >= 15 is 0 Å². The van der Waals surface area contributed by atoms with Crippen LogP contribution in [0.5, 0.6) is 5.75 Å². The molecule has 6 heteroatoms. The number of ether oxygens (including phenoxy) is 1. The molecule has 0 aromatic heterocycles. The van der Waals surface area contributed by atoms with E-state index in [-0.39, 0.29) is 35.8 Å². The summed E-state index contributed by atoms with van der Waals surface area (Å²) in [5.74, 6) is 1.56. The summed E-state index contributed by atoms with van der Waals surface area (Å²) in [7, 11) is 0. The first-order valence-electron chi connectivity index (χ1n) is 8.48. The van der Waals surface area contributed by atoms with Crippen LogP contribution >= 0.6 is 24.0 Å². The second-order valence-corrected chi connectivity index (χ2v) is 5.82. The Labute approximate surface area is 163 Å². The lowest BCUT2D eigenvalue weighted by Crippen LogP contribution is -2.39. The molecule has 0 amide bonds. The number of benzene rings is 1. The Morgan fingerprint density at radius 2 is 2.00 bits per heavy atom. The summed E-state index contributed by atoms with van der Waals surface area (Å²) in [4.78, 5) is 4.56. The molecule has 3 N–H and O–H groups in total. The highest BCUT2D eigenvalue weighted by Gasteiger charge is 2.12. The third kappa shape index (κ3) is 9.32. The Bertz CT molecular complexity index is 481. The Morgan fingerprint density at radius 3 is 2.58 bits per heavy atom. The van der Waals surface area contributed by atoms with Crippen LogP contribution < -0.4 is 10.6 Å². The minimum Gasteiger partial charge on any atom is -0.508 e. The molecular formula is C18H32IN3O2. The van der Waals surface area contributed by atoms with E-state index in [4.69, 9.17) is 4.74 Å². The maximum Gasteiger partial charge on any atom is 0.191 e. The predicted molar refractivity (Wildman–Crippen MR) is 111 cm³/mol. The van der Waals surface area contributed by atoms with E-state index in [1.807, 2.05) is 26.0 Å². The number of hydrogen-bond acceptors (Lipinski definition) is 3. The molecule has 0 aliphatic heterocycles. The molecule has 0 spiro atoms. The van der Waals surface area contributed by atoms with E-state index in [1.54, 1.807) is 12.1 Å². The van der Waals surface area contributed by atoms with Crippen LogP contribution in [0.4, 0.5) is 0 Å². The van der Waals surface area contributed by atoms with Crippen LogP contribution in [0, 0.1) is 5.92 Å². The number of nitrogens with zero attached hydrogens (tertiary/aromatic N) is 1. The van der Waals surface area contributed by atoms with Gasteiger partial charge in [0.15, 0.2) is 5.96 Å². The summed E-state index contributed by atoms with van der Waals surface area (Å²) in [5.41, 5.74) is 0.983. The number of aliphatic imine (C=N–C) groups is 1. The molecule has 0 aliphatic carbocycles. The monoisotopic (exact) mass is 449 g/mol. The summed E-state index contributed by atoms with van der Waals surface area (Å²) in [5, 5.41) is 16.1. The fourth-order valence-electron chi connectivity index (χ4n) is 2.32. The van der Waals surface area contributed by atoms with Crippen LogP contribution in [-0.4, -0.2) is 36.9 Å². The molecule has 5 nitrogen and oxygen atoms in total. The molecular weight excluding hydrogens is 417 g/mol. The summed E-state index contributed by atoms with van der Waals surface area (Å²) in [6, 6.07) is 7.18. The average molecular weight is 449 g/mol. The lowest BCUT2D eigenvalue weighted by molar-refractivity contribution is 0.0258. The third-order valence-corrected chi connectivity index (χ3v) is 3.52. The Hall–Kier alpha value is -1.02. The summed E-state index contributed by atoms with van der Waals surface area (Å²) in [6.07, 6.45) is 1.21. The van der Waals surface area contributed by atoms with E-state index in [0.717, 1.165) is 37.6 Å². The zero-order chi connectivity index (χ0) is 17.1. The number of rotatable bonds is 9. The lowest BCUT2D eigenvalue weighted by atomic mass is 10.0. The van der Waals surface area contributed by atoms with Crippen molar-refractivity contribution in [3.05, 3.63) is 29.8 Å². The van der Waals surface area contributed by atoms with Crippen LogP contribution in [0.3, 0.4) is 0 Å². The number of hydrogen-bond donors (Lipinski definition) is 3. The number of phenols is 1. The van der Waals surface area contributed by atoms with E-state index in [2.05, 4.69) is 29.5 Å². The molecule has 1 atom stereocenters. The molecule has 1 unspecified atom stereocenters. The fraction of sp³-hybridized carbons (Fsp3) is 0.611. The maximum absolute atomic E-state index is 9.49. The van der Waals surface area contributed by atoms with E-state index in [1.165, 1.54) is 0 Å². The van der Waals surface area contributed by atoms with E-state index in [9.17, 15) is 5.11 Å². The van der Waals surface area contributed by atoms with Gasteiger partial charge < -0.3 is 20.5 Å². The number of guanidine groups is 1. The largest absolute Gasteiger partial charge is 0.508 e. The van der Waals surface area contributed by atoms with Crippen molar-refractivity contribution in [2.24, 2.45) is 10.9 Å². The number of aromatic hydroxyl groups is 1. The molecule has 138 valence electrons. The quantitative estimate of drug-likeness (QED) is 0.307. The van der Waals surface area contributed by atoms with E-state index < -0.39 is 0 Å². The van der Waals surface area contributed by atoms with Gasteiger partial charge in [-0.3, -0.25) is 0 Å². The molecule has 1 aromatic carbocycles. The van der Waals surface area contributed by atoms with Crippen molar-refractivity contribution in [3.8, 4) is 5.75 Å². The van der Waals surface area contributed by atoms with Crippen LogP contribution in [0.15, 0.2) is 29.3 Å². The van der Waals surface area contributed by atoms with Gasteiger partial charge in [-0.05, 0) is 43.9 Å². The van der Waals surface area contributed by atoms with Crippen molar-refractivity contribution in [1.29, 1.82) is 0 Å². The lowest BCUT2D eigenvalue weighted by Gasteiger charge is -2.21. The predicted octanol–water partition coefficient (Wildman–Crippen LogP) is 3.52. The van der Waals surface area contributed by atoms with E-state index in [0.29, 0.717) is 12.5 Å². The Balaban J connectivity index is 0.00000529. The van der Waals surface area contributed by atoms with Crippen molar-refractivity contribution < 1.29 is 9.84 Å². The van der Waals surface area contributed by atoms with Gasteiger partial charge in [0.2, 0.25) is 0 Å². The van der Waals surface area contributed by atoms with Crippen molar-refractivity contribution >= 4 is 29.9 Å². The zero-order valence-electron chi connectivity index (χ0n) is 15.2.